The summed E-state index contributed by atoms with van der Waals surface area (Å²) in [4.78, 5) is 19.8. The van der Waals surface area contributed by atoms with E-state index >= 15 is 0 Å². The van der Waals surface area contributed by atoms with Crippen LogP contribution < -0.4 is 15.0 Å². The number of aromatic nitrogens is 5. The Bertz CT molecular complexity index is 1420. The minimum Gasteiger partial charge on any atom is -0.486 e. The number of pyridine rings is 1. The highest BCUT2D eigenvalue weighted by Crippen LogP contribution is 2.39. The van der Waals surface area contributed by atoms with Gasteiger partial charge in [-0.15, -0.1) is 15.3 Å². The molecule has 180 valence electrons. The molecular weight excluding hydrogens is 468 g/mol. The smallest absolute Gasteiger partial charge is 0.222 e. The Morgan fingerprint density at radius 2 is 2.03 bits per heavy atom. The molecule has 0 unspecified atom stereocenters. The second-order valence-electron chi connectivity index (χ2n) is 9.04. The van der Waals surface area contributed by atoms with Gasteiger partial charge < -0.3 is 19.9 Å². The number of rotatable bonds is 5. The summed E-state index contributed by atoms with van der Waals surface area (Å²) in [5.41, 5.74) is 3.70. The zero-order valence-corrected chi connectivity index (χ0v) is 20.1. The quantitative estimate of drug-likeness (QED) is 0.424. The Hall–Kier alpha value is -3.66. The Labute approximate surface area is 206 Å². The van der Waals surface area contributed by atoms with Gasteiger partial charge in [0.05, 0.1) is 17.7 Å². The summed E-state index contributed by atoms with van der Waals surface area (Å²) in [6, 6.07) is 10.0. The van der Waals surface area contributed by atoms with Crippen LogP contribution >= 0.6 is 11.6 Å². The second kappa shape index (κ2) is 8.84. The molecular formula is C24H25ClN8O2. The van der Waals surface area contributed by atoms with Gasteiger partial charge in [0.2, 0.25) is 17.9 Å². The molecule has 11 heteroatoms. The number of carbonyl (C=O) groups is 1. The number of ether oxygens (including phenoxy) is 1. The average Bonchev–Trinajstić information content (AvgIpc) is 3.31. The largest absolute Gasteiger partial charge is 0.486 e. The number of piperidine rings is 1. The number of likely N-dealkylation sites (N-methyl/N-ethyl adjacent to an activating group) is 1. The molecule has 0 aliphatic carbocycles. The molecule has 1 aromatic carbocycles. The fourth-order valence-corrected chi connectivity index (χ4v) is 5.11. The van der Waals surface area contributed by atoms with Gasteiger partial charge in [-0.3, -0.25) is 4.79 Å². The van der Waals surface area contributed by atoms with Crippen LogP contribution in [0.25, 0.3) is 28.1 Å². The van der Waals surface area contributed by atoms with Crippen LogP contribution in [0.1, 0.15) is 12.8 Å². The zero-order valence-electron chi connectivity index (χ0n) is 19.3. The molecule has 2 aliphatic rings. The maximum Gasteiger partial charge on any atom is 0.222 e. The molecule has 0 spiro atoms. The van der Waals surface area contributed by atoms with Crippen molar-refractivity contribution < 1.29 is 9.53 Å². The SMILES string of the molecule is CN1CCOc2c1c(Cl)nn1c(-c3ccc4cccc(NCC5CCN(C=O)CC5)c4n3)nnc21. The standard InChI is InChI=1S/C24H25ClN8O2/c1-31-11-12-35-21-20(31)22(25)30-33-23(28-29-24(21)33)18-6-5-16-3-2-4-17(19(16)27-18)26-13-15-7-9-32(14-34)10-8-15/h2-6,14-15,26H,7-13H2,1H3. The molecule has 0 bridgehead atoms. The van der Waals surface area contributed by atoms with E-state index in [1.165, 1.54) is 0 Å². The Morgan fingerprint density at radius 3 is 2.86 bits per heavy atom. The van der Waals surface area contributed by atoms with E-state index in [1.807, 2.05) is 47.2 Å². The first-order chi connectivity index (χ1) is 17.1. The Morgan fingerprint density at radius 1 is 1.17 bits per heavy atom. The Balaban J connectivity index is 1.34. The molecule has 1 amide bonds. The molecule has 6 rings (SSSR count). The summed E-state index contributed by atoms with van der Waals surface area (Å²) in [5, 5.41) is 18.2. The number of likely N-dealkylation sites (tertiary alicyclic amines) is 1. The monoisotopic (exact) mass is 492 g/mol. The van der Waals surface area contributed by atoms with Crippen molar-refractivity contribution in [3.05, 3.63) is 35.5 Å². The number of hydrogen-bond donors (Lipinski definition) is 1. The maximum absolute atomic E-state index is 11.0. The van der Waals surface area contributed by atoms with Crippen LogP contribution in [0.5, 0.6) is 5.75 Å². The number of carbonyl (C=O) groups excluding carboxylic acids is 1. The highest BCUT2D eigenvalue weighted by molar-refractivity contribution is 6.32. The molecule has 35 heavy (non-hydrogen) atoms. The van der Waals surface area contributed by atoms with Crippen LogP contribution in [0.4, 0.5) is 11.4 Å². The van der Waals surface area contributed by atoms with Gasteiger partial charge in [-0.2, -0.15) is 4.52 Å². The third-order valence-electron chi connectivity index (χ3n) is 6.83. The van der Waals surface area contributed by atoms with Gasteiger partial charge in [-0.1, -0.05) is 29.8 Å². The molecule has 5 heterocycles. The number of anilines is 2. The van der Waals surface area contributed by atoms with E-state index in [0.717, 1.165) is 67.7 Å². The highest BCUT2D eigenvalue weighted by Gasteiger charge is 2.26. The van der Waals surface area contributed by atoms with Gasteiger partial charge in [0.25, 0.3) is 0 Å². The first kappa shape index (κ1) is 21.8. The molecule has 1 saturated heterocycles. The van der Waals surface area contributed by atoms with Crippen molar-refractivity contribution in [1.29, 1.82) is 0 Å². The fourth-order valence-electron chi connectivity index (χ4n) is 4.80. The lowest BCUT2D eigenvalue weighted by Gasteiger charge is -2.29. The number of fused-ring (bicyclic) bond motifs is 4. The molecule has 0 atom stereocenters. The lowest BCUT2D eigenvalue weighted by atomic mass is 9.97. The molecule has 4 aromatic rings. The molecule has 3 aromatic heterocycles. The van der Waals surface area contributed by atoms with E-state index in [0.29, 0.717) is 40.6 Å². The van der Waals surface area contributed by atoms with Crippen molar-refractivity contribution in [3.63, 3.8) is 0 Å². The summed E-state index contributed by atoms with van der Waals surface area (Å²) in [5.74, 6) is 1.60. The number of benzene rings is 1. The van der Waals surface area contributed by atoms with Crippen molar-refractivity contribution in [2.45, 2.75) is 12.8 Å². The summed E-state index contributed by atoms with van der Waals surface area (Å²) >= 11 is 6.52. The van der Waals surface area contributed by atoms with E-state index in [4.69, 9.17) is 21.3 Å². The van der Waals surface area contributed by atoms with Gasteiger partial charge in [0.1, 0.15) is 18.0 Å². The summed E-state index contributed by atoms with van der Waals surface area (Å²) in [6.07, 6.45) is 2.93. The van der Waals surface area contributed by atoms with E-state index < -0.39 is 0 Å². The van der Waals surface area contributed by atoms with E-state index in [9.17, 15) is 4.79 Å². The number of para-hydroxylation sites is 1. The van der Waals surface area contributed by atoms with Crippen LogP contribution in [-0.4, -0.2) is 75.9 Å². The predicted octanol–water partition coefficient (Wildman–Crippen LogP) is 3.10. The topological polar surface area (TPSA) is 101 Å². The van der Waals surface area contributed by atoms with Gasteiger partial charge >= 0.3 is 0 Å². The van der Waals surface area contributed by atoms with Crippen LogP contribution in [0.15, 0.2) is 30.3 Å². The molecule has 0 radical (unpaired) electrons. The minimum atomic E-state index is 0.333. The van der Waals surface area contributed by atoms with Gasteiger partial charge in [0.15, 0.2) is 10.9 Å². The lowest BCUT2D eigenvalue weighted by molar-refractivity contribution is -0.119. The first-order valence-electron chi connectivity index (χ1n) is 11.7. The van der Waals surface area contributed by atoms with Crippen LogP contribution in [0.3, 0.4) is 0 Å². The third kappa shape index (κ3) is 3.87. The van der Waals surface area contributed by atoms with Gasteiger partial charge in [-0.05, 0) is 30.9 Å². The summed E-state index contributed by atoms with van der Waals surface area (Å²) in [6.45, 7) is 3.72. The summed E-state index contributed by atoms with van der Waals surface area (Å²) < 4.78 is 7.49. The number of halogens is 1. The number of hydrogen-bond acceptors (Lipinski definition) is 8. The Kier molecular flexibility index (Phi) is 5.52. The third-order valence-corrected chi connectivity index (χ3v) is 7.08. The van der Waals surface area contributed by atoms with Crippen molar-refractivity contribution in [3.8, 4) is 17.3 Å². The lowest BCUT2D eigenvalue weighted by Crippen LogP contribution is -2.34. The highest BCUT2D eigenvalue weighted by atomic mass is 35.5. The average molecular weight is 493 g/mol. The maximum atomic E-state index is 11.0. The van der Waals surface area contributed by atoms with Gasteiger partial charge in [-0.25, -0.2) is 4.98 Å². The van der Waals surface area contributed by atoms with Crippen molar-refractivity contribution in [2.75, 3.05) is 50.1 Å². The fraction of sp³-hybridized carbons (Fsp3) is 0.375. The van der Waals surface area contributed by atoms with E-state index in [2.05, 4.69) is 20.6 Å². The van der Waals surface area contributed by atoms with Crippen molar-refractivity contribution in [1.82, 2.24) is 29.7 Å². The predicted molar refractivity (Wildman–Crippen MR) is 134 cm³/mol. The van der Waals surface area contributed by atoms with Crippen LogP contribution in [-0.2, 0) is 4.79 Å². The second-order valence-corrected chi connectivity index (χ2v) is 9.40. The first-order valence-corrected chi connectivity index (χ1v) is 12.1. The van der Waals surface area contributed by atoms with Crippen molar-refractivity contribution >= 4 is 45.9 Å². The molecule has 1 N–H and O–H groups in total. The molecule has 10 nitrogen and oxygen atoms in total. The zero-order chi connectivity index (χ0) is 23.9. The molecule has 2 aliphatic heterocycles. The molecule has 0 saturated carbocycles. The van der Waals surface area contributed by atoms with Crippen molar-refractivity contribution in [2.24, 2.45) is 5.92 Å². The summed E-state index contributed by atoms with van der Waals surface area (Å²) in [7, 11) is 1.95. The van der Waals surface area contributed by atoms with Gasteiger partial charge in [0, 0.05) is 32.1 Å². The number of amides is 1. The number of nitrogens with one attached hydrogen (secondary N) is 1. The number of nitrogens with zero attached hydrogens (tertiary/aromatic N) is 7. The molecule has 1 fully saturated rings. The van der Waals surface area contributed by atoms with E-state index in [1.54, 1.807) is 4.52 Å². The van der Waals surface area contributed by atoms with Crippen LogP contribution in [0, 0.1) is 5.92 Å². The van der Waals surface area contributed by atoms with Crippen LogP contribution in [0.2, 0.25) is 5.15 Å². The minimum absolute atomic E-state index is 0.333. The van der Waals surface area contributed by atoms with E-state index in [-0.39, 0.29) is 0 Å². The normalized spacial score (nSPS) is 16.4.